The molecule has 2 N–H and O–H groups in total. The molecule has 0 aliphatic rings. The van der Waals surface area contributed by atoms with Crippen LogP contribution in [0.1, 0.15) is 17.0 Å². The Morgan fingerprint density at radius 3 is 2.08 bits per heavy atom. The third-order valence-electron chi connectivity index (χ3n) is 2.08. The summed E-state index contributed by atoms with van der Waals surface area (Å²) in [4.78, 5) is 0. The summed E-state index contributed by atoms with van der Waals surface area (Å²) in [6.07, 6.45) is 0. The zero-order chi connectivity index (χ0) is 9.14. The molecule has 2 heteroatoms. The second-order valence-electron chi connectivity index (χ2n) is 3.26. The molecule has 0 saturated heterocycles. The zero-order valence-corrected chi connectivity index (χ0v) is 8.09. The van der Waals surface area contributed by atoms with Gasteiger partial charge in [-0.15, -0.1) is 0 Å². The topological polar surface area (TPSA) is 29.9 Å². The zero-order valence-electron chi connectivity index (χ0n) is 8.09. The molecule has 1 aromatic rings. The van der Waals surface area contributed by atoms with Gasteiger partial charge in [-0.05, 0) is 12.5 Å². The first-order valence-electron chi connectivity index (χ1n) is 4.33. The Labute approximate surface area is 74.0 Å². The summed E-state index contributed by atoms with van der Waals surface area (Å²) in [6, 6.07) is 4.37. The standard InChI is InChI=1S/C10H17N2/c1-8-6-9(2)12(5-4-11)10(3)7-8/h6-7H,4-5,11H2,1-3H3/q+1. The number of hydrogen-bond donors (Lipinski definition) is 1. The molecule has 0 spiro atoms. The monoisotopic (exact) mass is 165 g/mol. The van der Waals surface area contributed by atoms with Crippen LogP contribution in [0, 0.1) is 20.8 Å². The Balaban J connectivity index is 3.10. The molecular weight excluding hydrogens is 148 g/mol. The van der Waals surface area contributed by atoms with E-state index in [1.807, 2.05) is 0 Å². The summed E-state index contributed by atoms with van der Waals surface area (Å²) in [5, 5.41) is 0. The number of pyridine rings is 1. The van der Waals surface area contributed by atoms with Crippen LogP contribution in [0.2, 0.25) is 0 Å². The van der Waals surface area contributed by atoms with Crippen LogP contribution in [-0.2, 0) is 6.54 Å². The van der Waals surface area contributed by atoms with Crippen LogP contribution in [0.4, 0.5) is 0 Å². The van der Waals surface area contributed by atoms with Crippen molar-refractivity contribution in [1.82, 2.24) is 0 Å². The summed E-state index contributed by atoms with van der Waals surface area (Å²) in [7, 11) is 0. The van der Waals surface area contributed by atoms with Gasteiger partial charge in [0.25, 0.3) is 0 Å². The van der Waals surface area contributed by atoms with Gasteiger partial charge in [0, 0.05) is 26.0 Å². The average molecular weight is 165 g/mol. The molecule has 12 heavy (non-hydrogen) atoms. The molecule has 0 saturated carbocycles. The van der Waals surface area contributed by atoms with Crippen molar-refractivity contribution in [2.24, 2.45) is 5.73 Å². The van der Waals surface area contributed by atoms with Gasteiger partial charge >= 0.3 is 0 Å². The van der Waals surface area contributed by atoms with Gasteiger partial charge < -0.3 is 5.73 Å². The summed E-state index contributed by atoms with van der Waals surface area (Å²) >= 11 is 0. The lowest BCUT2D eigenvalue weighted by atomic mass is 10.2. The smallest absolute Gasteiger partial charge is 0.178 e. The molecule has 2 nitrogen and oxygen atoms in total. The van der Waals surface area contributed by atoms with Crippen LogP contribution < -0.4 is 10.3 Å². The van der Waals surface area contributed by atoms with Crippen molar-refractivity contribution in [2.45, 2.75) is 27.3 Å². The lowest BCUT2D eigenvalue weighted by Gasteiger charge is -2.03. The van der Waals surface area contributed by atoms with E-state index in [4.69, 9.17) is 5.73 Å². The van der Waals surface area contributed by atoms with Crippen LogP contribution in [0.3, 0.4) is 0 Å². The lowest BCUT2D eigenvalue weighted by molar-refractivity contribution is -0.706. The summed E-state index contributed by atoms with van der Waals surface area (Å²) in [5.41, 5.74) is 9.41. The predicted octanol–water partition coefficient (Wildman–Crippen LogP) is 0.858. The molecule has 66 valence electrons. The van der Waals surface area contributed by atoms with E-state index in [-0.39, 0.29) is 0 Å². The van der Waals surface area contributed by atoms with Gasteiger partial charge in [0.05, 0.1) is 6.54 Å². The molecular formula is C10H17N2+. The SMILES string of the molecule is Cc1cc(C)[n+](CCN)c(C)c1. The highest BCUT2D eigenvalue weighted by atomic mass is 15.0. The van der Waals surface area contributed by atoms with Crippen molar-refractivity contribution >= 4 is 0 Å². The highest BCUT2D eigenvalue weighted by Gasteiger charge is 2.09. The highest BCUT2D eigenvalue weighted by Crippen LogP contribution is 2.00. The summed E-state index contributed by atoms with van der Waals surface area (Å²) < 4.78 is 2.24. The van der Waals surface area contributed by atoms with Gasteiger partial charge in [0.15, 0.2) is 17.9 Å². The average Bonchev–Trinajstić information content (AvgIpc) is 1.96. The molecule has 1 rings (SSSR count). The molecule has 0 unspecified atom stereocenters. The van der Waals surface area contributed by atoms with E-state index in [2.05, 4.69) is 37.5 Å². The maximum atomic E-state index is 5.52. The molecule has 0 fully saturated rings. The molecule has 0 amide bonds. The van der Waals surface area contributed by atoms with Crippen LogP contribution in [0.25, 0.3) is 0 Å². The first-order chi connectivity index (χ1) is 5.65. The Hall–Kier alpha value is -0.890. The second kappa shape index (κ2) is 3.68. The quantitative estimate of drug-likeness (QED) is 0.647. The first kappa shape index (κ1) is 9.20. The van der Waals surface area contributed by atoms with Gasteiger partial charge in [-0.1, -0.05) is 0 Å². The fourth-order valence-corrected chi connectivity index (χ4v) is 1.62. The maximum absolute atomic E-state index is 5.52. The van der Waals surface area contributed by atoms with Gasteiger partial charge in [0.1, 0.15) is 0 Å². The lowest BCUT2D eigenvalue weighted by Crippen LogP contribution is -2.43. The third kappa shape index (κ3) is 1.83. The van der Waals surface area contributed by atoms with Crippen molar-refractivity contribution in [3.63, 3.8) is 0 Å². The Morgan fingerprint density at radius 1 is 1.17 bits per heavy atom. The fourth-order valence-electron chi connectivity index (χ4n) is 1.62. The van der Waals surface area contributed by atoms with E-state index in [0.29, 0.717) is 6.54 Å². The largest absolute Gasteiger partial charge is 0.325 e. The van der Waals surface area contributed by atoms with Gasteiger partial charge in [-0.3, -0.25) is 0 Å². The predicted molar refractivity (Wildman–Crippen MR) is 49.9 cm³/mol. The van der Waals surface area contributed by atoms with E-state index in [9.17, 15) is 0 Å². The molecule has 0 aliphatic heterocycles. The van der Waals surface area contributed by atoms with E-state index >= 15 is 0 Å². The van der Waals surface area contributed by atoms with E-state index in [1.54, 1.807) is 0 Å². The molecule has 0 aliphatic carbocycles. The van der Waals surface area contributed by atoms with Crippen LogP contribution >= 0.6 is 0 Å². The van der Waals surface area contributed by atoms with Crippen molar-refractivity contribution < 1.29 is 4.57 Å². The van der Waals surface area contributed by atoms with Gasteiger partial charge in [-0.2, -0.15) is 4.57 Å². The number of rotatable bonds is 2. The van der Waals surface area contributed by atoms with Crippen molar-refractivity contribution in [1.29, 1.82) is 0 Å². The molecule has 0 aromatic carbocycles. The maximum Gasteiger partial charge on any atom is 0.178 e. The third-order valence-corrected chi connectivity index (χ3v) is 2.08. The fraction of sp³-hybridized carbons (Fsp3) is 0.500. The van der Waals surface area contributed by atoms with Crippen LogP contribution in [-0.4, -0.2) is 6.54 Å². The van der Waals surface area contributed by atoms with E-state index in [0.717, 1.165) is 6.54 Å². The van der Waals surface area contributed by atoms with Crippen molar-refractivity contribution in [2.75, 3.05) is 6.54 Å². The number of nitrogens with zero attached hydrogens (tertiary/aromatic N) is 1. The second-order valence-corrected chi connectivity index (χ2v) is 3.26. The molecule has 1 aromatic heterocycles. The van der Waals surface area contributed by atoms with Gasteiger partial charge in [0.2, 0.25) is 0 Å². The Morgan fingerprint density at radius 2 is 1.67 bits per heavy atom. The van der Waals surface area contributed by atoms with Crippen LogP contribution in [0.15, 0.2) is 12.1 Å². The number of aromatic nitrogens is 1. The minimum absolute atomic E-state index is 0.704. The normalized spacial score (nSPS) is 10.3. The minimum atomic E-state index is 0.704. The molecule has 0 atom stereocenters. The molecule has 1 heterocycles. The summed E-state index contributed by atoms with van der Waals surface area (Å²) in [6.45, 7) is 7.98. The van der Waals surface area contributed by atoms with E-state index in [1.165, 1.54) is 17.0 Å². The number of nitrogens with two attached hydrogens (primary N) is 1. The van der Waals surface area contributed by atoms with Crippen molar-refractivity contribution in [3.05, 3.63) is 29.1 Å². The Bertz CT molecular complexity index is 256. The first-order valence-corrected chi connectivity index (χ1v) is 4.33. The van der Waals surface area contributed by atoms with Crippen molar-refractivity contribution in [3.8, 4) is 0 Å². The highest BCUT2D eigenvalue weighted by molar-refractivity contribution is 5.13. The van der Waals surface area contributed by atoms with E-state index < -0.39 is 0 Å². The number of aryl methyl sites for hydroxylation is 3. The summed E-state index contributed by atoms with van der Waals surface area (Å²) in [5.74, 6) is 0. The Kier molecular flexibility index (Phi) is 2.82. The minimum Gasteiger partial charge on any atom is -0.325 e. The van der Waals surface area contributed by atoms with Crippen LogP contribution in [0.5, 0.6) is 0 Å². The van der Waals surface area contributed by atoms with Gasteiger partial charge in [-0.25, -0.2) is 0 Å². The molecule has 0 bridgehead atoms. The molecule has 0 radical (unpaired) electrons. The number of hydrogen-bond acceptors (Lipinski definition) is 1.